The van der Waals surface area contributed by atoms with E-state index in [0.717, 1.165) is 4.90 Å². The Kier molecular flexibility index (Phi) is 8.80. The summed E-state index contributed by atoms with van der Waals surface area (Å²) in [5.41, 5.74) is 0.194. The van der Waals surface area contributed by atoms with Crippen LogP contribution in [0.3, 0.4) is 0 Å². The first-order chi connectivity index (χ1) is 13.3. The van der Waals surface area contributed by atoms with Crippen LogP contribution in [0.5, 0.6) is 0 Å². The van der Waals surface area contributed by atoms with Gasteiger partial charge in [-0.3, -0.25) is 9.59 Å². The van der Waals surface area contributed by atoms with Gasteiger partial charge >= 0.3 is 0 Å². The molecule has 9 heteroatoms. The van der Waals surface area contributed by atoms with E-state index in [0.29, 0.717) is 12.2 Å². The average molecular weight is 428 g/mol. The molecule has 1 aromatic rings. The summed E-state index contributed by atoms with van der Waals surface area (Å²) in [5.74, 6) is -0.341. The Labute approximate surface area is 174 Å². The van der Waals surface area contributed by atoms with E-state index < -0.39 is 10.0 Å². The third-order valence-electron chi connectivity index (χ3n) is 4.38. The second-order valence-corrected chi connectivity index (χ2v) is 10.4. The van der Waals surface area contributed by atoms with Gasteiger partial charge < -0.3 is 15.5 Å². The maximum absolute atomic E-state index is 12.5. The highest BCUT2D eigenvalue weighted by atomic mass is 32.2. The molecule has 0 aliphatic rings. The summed E-state index contributed by atoms with van der Waals surface area (Å²) in [5, 5.41) is 5.65. The van der Waals surface area contributed by atoms with Crippen molar-refractivity contribution in [2.75, 3.05) is 32.0 Å². The van der Waals surface area contributed by atoms with Gasteiger partial charge in [-0.05, 0) is 65.8 Å². The van der Waals surface area contributed by atoms with Crippen LogP contribution < -0.4 is 15.5 Å². The molecule has 0 aliphatic heterocycles. The molecule has 1 aromatic carbocycles. The molecule has 3 N–H and O–H groups in total. The molecule has 1 unspecified atom stereocenters. The zero-order valence-electron chi connectivity index (χ0n) is 18.5. The lowest BCUT2D eigenvalue weighted by Gasteiger charge is -2.23. The maximum atomic E-state index is 12.5. The zero-order valence-corrected chi connectivity index (χ0v) is 19.3. The predicted molar refractivity (Wildman–Crippen MR) is 114 cm³/mol. The Balaban J connectivity index is 2.71. The number of carbonyl (C=O) groups is 2. The summed E-state index contributed by atoms with van der Waals surface area (Å²) < 4.78 is 26.3. The smallest absolute Gasteiger partial charge is 0.279 e. The van der Waals surface area contributed by atoms with Crippen molar-refractivity contribution in [1.29, 1.82) is 0 Å². The lowest BCUT2D eigenvalue weighted by atomic mass is 10.1. The second-order valence-electron chi connectivity index (χ2n) is 8.44. The number of sulfonamides is 1. The molecule has 0 radical (unpaired) electrons. The topological polar surface area (TPSA) is 100 Å². The lowest BCUT2D eigenvalue weighted by molar-refractivity contribution is -0.881. The number of amides is 2. The average Bonchev–Trinajstić information content (AvgIpc) is 2.59. The number of hydrogen-bond donors (Lipinski definition) is 3. The summed E-state index contributed by atoms with van der Waals surface area (Å²) in [4.78, 5) is 25.4. The highest BCUT2D eigenvalue weighted by Crippen LogP contribution is 2.18. The first kappa shape index (κ1) is 25.1. The number of hydrogen-bond acceptors (Lipinski definition) is 4. The van der Waals surface area contributed by atoms with Crippen LogP contribution in [0, 0.1) is 0 Å². The molecule has 0 aliphatic carbocycles. The van der Waals surface area contributed by atoms with Crippen molar-refractivity contribution in [2.45, 2.75) is 58.0 Å². The van der Waals surface area contributed by atoms with E-state index in [2.05, 4.69) is 10.6 Å². The van der Waals surface area contributed by atoms with Crippen LogP contribution in [0.15, 0.2) is 29.2 Å². The Bertz CT molecular complexity index is 799. The van der Waals surface area contributed by atoms with Gasteiger partial charge in [0.15, 0.2) is 13.1 Å². The van der Waals surface area contributed by atoms with Crippen molar-refractivity contribution >= 4 is 27.5 Å². The molecule has 2 amide bonds. The molecule has 29 heavy (non-hydrogen) atoms. The Hall–Kier alpha value is -1.97. The molecule has 0 fully saturated rings. The van der Waals surface area contributed by atoms with Crippen LogP contribution in [0.1, 0.15) is 41.5 Å². The fourth-order valence-corrected chi connectivity index (χ4v) is 3.96. The number of carbonyl (C=O) groups excluding carboxylic acids is 2. The molecule has 0 heterocycles. The van der Waals surface area contributed by atoms with Crippen LogP contribution in [0.2, 0.25) is 0 Å². The van der Waals surface area contributed by atoms with E-state index in [9.17, 15) is 18.0 Å². The van der Waals surface area contributed by atoms with Gasteiger partial charge in [0.05, 0.1) is 11.4 Å². The first-order valence-corrected chi connectivity index (χ1v) is 11.2. The van der Waals surface area contributed by atoms with Crippen LogP contribution in [-0.2, 0) is 19.6 Å². The Morgan fingerprint density at radius 2 is 1.59 bits per heavy atom. The van der Waals surface area contributed by atoms with Gasteiger partial charge in [0, 0.05) is 24.3 Å². The summed E-state index contributed by atoms with van der Waals surface area (Å²) >= 11 is 0. The molecular weight excluding hydrogens is 392 g/mol. The van der Waals surface area contributed by atoms with Crippen molar-refractivity contribution in [3.8, 4) is 0 Å². The van der Waals surface area contributed by atoms with Gasteiger partial charge in [0.2, 0.25) is 10.0 Å². The van der Waals surface area contributed by atoms with Crippen molar-refractivity contribution in [3.05, 3.63) is 24.3 Å². The minimum Gasteiger partial charge on any atom is -0.347 e. The van der Waals surface area contributed by atoms with Gasteiger partial charge in [-0.1, -0.05) is 0 Å². The molecule has 8 nitrogen and oxygen atoms in total. The van der Waals surface area contributed by atoms with E-state index in [1.165, 1.54) is 23.5 Å². The monoisotopic (exact) mass is 427 g/mol. The highest BCUT2D eigenvalue weighted by Gasteiger charge is 2.23. The molecule has 0 spiro atoms. The van der Waals surface area contributed by atoms with Crippen molar-refractivity contribution in [1.82, 2.24) is 9.62 Å². The van der Waals surface area contributed by atoms with Crippen molar-refractivity contribution in [2.24, 2.45) is 0 Å². The van der Waals surface area contributed by atoms with E-state index in [1.807, 2.05) is 27.7 Å². The highest BCUT2D eigenvalue weighted by molar-refractivity contribution is 7.89. The number of nitrogens with one attached hydrogen (secondary N) is 3. The van der Waals surface area contributed by atoms with Gasteiger partial charge in [-0.15, -0.1) is 0 Å². The molecule has 0 saturated carbocycles. The fourth-order valence-electron chi connectivity index (χ4n) is 2.59. The minimum absolute atomic E-state index is 0.106. The fraction of sp³-hybridized carbons (Fsp3) is 0.600. The molecule has 1 atom stereocenters. The largest absolute Gasteiger partial charge is 0.347 e. The maximum Gasteiger partial charge on any atom is 0.279 e. The van der Waals surface area contributed by atoms with Gasteiger partial charge in [0.1, 0.15) is 0 Å². The van der Waals surface area contributed by atoms with Gasteiger partial charge in [-0.2, -0.15) is 4.31 Å². The summed E-state index contributed by atoms with van der Waals surface area (Å²) in [6.07, 6.45) is 0. The van der Waals surface area contributed by atoms with Gasteiger partial charge in [-0.25, -0.2) is 8.42 Å². The lowest BCUT2D eigenvalue weighted by Crippen LogP contribution is -3.14. The second kappa shape index (κ2) is 10.2. The number of benzene rings is 1. The zero-order chi connectivity index (χ0) is 22.4. The number of likely N-dealkylation sites (N-methyl/N-ethyl adjacent to an activating group) is 1. The quantitative estimate of drug-likeness (QED) is 0.533. The summed E-state index contributed by atoms with van der Waals surface area (Å²) in [7, 11) is -2.03. The molecule has 0 saturated heterocycles. The standard InChI is InChI=1S/C20H34N4O4S/c1-8-24(14-19(26)22-20(4,5)6)13-18(25)21-16-9-11-17(12-10-16)29(27,28)23(7)15(2)3/h9-12,15H,8,13-14H2,1-7H3,(H,21,25)(H,22,26)/p+1. The molecule has 164 valence electrons. The van der Waals surface area contributed by atoms with Crippen LogP contribution in [-0.4, -0.2) is 62.8 Å². The third-order valence-corrected chi connectivity index (χ3v) is 6.43. The van der Waals surface area contributed by atoms with Crippen LogP contribution in [0.25, 0.3) is 0 Å². The SMILES string of the molecule is CC[NH+](CC(=O)Nc1ccc(S(=O)(=O)N(C)C(C)C)cc1)CC(=O)NC(C)(C)C. The normalized spacial score (nSPS) is 13.4. The molecule has 0 bridgehead atoms. The third kappa shape index (κ3) is 8.12. The first-order valence-electron chi connectivity index (χ1n) is 9.78. The number of anilines is 1. The number of rotatable bonds is 9. The predicted octanol–water partition coefficient (Wildman–Crippen LogP) is 0.474. The van der Waals surface area contributed by atoms with Crippen LogP contribution >= 0.6 is 0 Å². The van der Waals surface area contributed by atoms with E-state index in [1.54, 1.807) is 26.0 Å². The van der Waals surface area contributed by atoms with E-state index in [4.69, 9.17) is 0 Å². The van der Waals surface area contributed by atoms with Crippen LogP contribution in [0.4, 0.5) is 5.69 Å². The van der Waals surface area contributed by atoms with E-state index >= 15 is 0 Å². The Morgan fingerprint density at radius 1 is 1.07 bits per heavy atom. The Morgan fingerprint density at radius 3 is 2.03 bits per heavy atom. The molecular formula is C20H35N4O4S+. The van der Waals surface area contributed by atoms with E-state index in [-0.39, 0.29) is 41.4 Å². The summed E-state index contributed by atoms with van der Waals surface area (Å²) in [6.45, 7) is 12.2. The molecule has 0 aromatic heterocycles. The van der Waals surface area contributed by atoms with Crippen molar-refractivity contribution in [3.63, 3.8) is 0 Å². The van der Waals surface area contributed by atoms with Gasteiger partial charge in [0.25, 0.3) is 11.8 Å². The number of nitrogens with zero attached hydrogens (tertiary/aromatic N) is 1. The molecule has 1 rings (SSSR count). The van der Waals surface area contributed by atoms with Crippen molar-refractivity contribution < 1.29 is 22.9 Å². The minimum atomic E-state index is -3.56. The number of quaternary nitrogens is 1. The summed E-state index contributed by atoms with van der Waals surface area (Å²) in [6, 6.07) is 5.93.